The Kier molecular flexibility index (Phi) is 10.1. The average Bonchev–Trinajstić information content (AvgIpc) is 3.41. The largest absolute Gasteiger partial charge is 0.435 e. The first-order valence-corrected chi connectivity index (χ1v) is 21.2. The van der Waals surface area contributed by atoms with Crippen LogP contribution in [0.15, 0.2) is 42.5 Å². The molecule has 8 rings (SSSR count). The van der Waals surface area contributed by atoms with E-state index in [9.17, 15) is 35.2 Å². The summed E-state index contributed by atoms with van der Waals surface area (Å²) in [4.78, 5) is 25.6. The number of carbonyl (C=O) groups is 1. The Bertz CT molecular complexity index is 2780. The minimum atomic E-state index is -5.06. The molecule has 3 N–H and O–H groups in total. The Balaban J connectivity index is 1.28. The number of para-hydroxylation sites is 1. The molecule has 4 heterocycles. The molecule has 4 atom stereocenters. The van der Waals surface area contributed by atoms with Crippen LogP contribution in [0.5, 0.6) is 0 Å². The third kappa shape index (κ3) is 7.86. The Hall–Kier alpha value is -5.35. The predicted octanol–water partition coefficient (Wildman–Crippen LogP) is 6.78. The molecule has 1 fully saturated rings. The molecule has 2 aromatic carbocycles. The highest BCUT2D eigenvalue weighted by molar-refractivity contribution is 7.92. The zero-order valence-electron chi connectivity index (χ0n) is 32.5. The normalized spacial score (nSPS) is 18.1. The fraction of sp³-hybridized carbons (Fsp3) is 0.395. The van der Waals surface area contributed by atoms with Crippen LogP contribution < -0.4 is 15.4 Å². The number of amides is 1. The second kappa shape index (κ2) is 14.7. The van der Waals surface area contributed by atoms with Crippen molar-refractivity contribution >= 4 is 59.5 Å². The monoisotopic (exact) mass is 878 g/mol. The molecule has 60 heavy (non-hydrogen) atoms. The molecule has 1 unspecified atom stereocenters. The van der Waals surface area contributed by atoms with Gasteiger partial charge in [-0.2, -0.15) is 32.1 Å². The molecule has 13 nitrogen and oxygen atoms in total. The van der Waals surface area contributed by atoms with Crippen LogP contribution in [0.1, 0.15) is 53.5 Å². The second-order valence-corrected chi connectivity index (χ2v) is 18.3. The molecule has 22 heteroatoms. The molecule has 1 amide bonds. The van der Waals surface area contributed by atoms with Crippen LogP contribution >= 0.6 is 11.3 Å². The maximum Gasteiger partial charge on any atom is 0.435 e. The minimum absolute atomic E-state index is 0.0195. The van der Waals surface area contributed by atoms with E-state index in [0.29, 0.717) is 49.2 Å². The van der Waals surface area contributed by atoms with Crippen LogP contribution in [0, 0.1) is 17.6 Å². The summed E-state index contributed by atoms with van der Waals surface area (Å²) in [5.41, 5.74) is -1.53. The first-order valence-electron chi connectivity index (χ1n) is 18.5. The standard InChI is InChI=1S/C38H37F7N10O3S2/c1-17(15-53(2)3)46-36-49-35-27(59-36)14-23(21-7-6-8-22-31(21)54(4)51-34(22)52-60(5,57)58)30(48-35)26(11-18-9-19(39)12-20(40)10-18)47-28(56)16-55-33-29(32(50-55)38(43,44)45)24-13-25(24)37(33,41)42/h6-10,12,14,17,24-26H,11,13,15-16H2,1-5H3,(H,47,56)(H,51,52)(H,46,48,49)/t17?,24-,25+,26-/m0/s1. The van der Waals surface area contributed by atoms with Gasteiger partial charge in [-0.05, 0) is 69.6 Å². The summed E-state index contributed by atoms with van der Waals surface area (Å²) in [6.45, 7) is 1.56. The number of nitrogens with one attached hydrogen (secondary N) is 3. The lowest BCUT2D eigenvalue weighted by Crippen LogP contribution is -2.35. The number of anilines is 2. The van der Waals surface area contributed by atoms with Crippen molar-refractivity contribution in [3.05, 3.63) is 82.3 Å². The molecule has 2 aliphatic carbocycles. The van der Waals surface area contributed by atoms with Gasteiger partial charge in [0.2, 0.25) is 15.9 Å². The van der Waals surface area contributed by atoms with E-state index in [1.54, 1.807) is 31.3 Å². The summed E-state index contributed by atoms with van der Waals surface area (Å²) >= 11 is 1.27. The molecule has 0 bridgehead atoms. The Morgan fingerprint density at radius 1 is 1.07 bits per heavy atom. The van der Waals surface area contributed by atoms with Crippen molar-refractivity contribution in [2.45, 2.75) is 56.4 Å². The van der Waals surface area contributed by atoms with Gasteiger partial charge in [0.15, 0.2) is 22.3 Å². The molecule has 4 aromatic heterocycles. The highest BCUT2D eigenvalue weighted by Gasteiger charge is 2.68. The molecule has 0 aliphatic heterocycles. The van der Waals surface area contributed by atoms with Crippen LogP contribution in [-0.2, 0) is 46.9 Å². The van der Waals surface area contributed by atoms with Crippen molar-refractivity contribution in [3.8, 4) is 11.1 Å². The number of nitrogens with zero attached hydrogens (tertiary/aromatic N) is 7. The van der Waals surface area contributed by atoms with Gasteiger partial charge in [0.05, 0.1) is 28.2 Å². The van der Waals surface area contributed by atoms with E-state index in [4.69, 9.17) is 4.98 Å². The fourth-order valence-corrected chi connectivity index (χ4v) is 9.64. The molecule has 0 spiro atoms. The number of aromatic nitrogens is 6. The highest BCUT2D eigenvalue weighted by atomic mass is 32.2. The van der Waals surface area contributed by atoms with Crippen molar-refractivity contribution in [3.63, 3.8) is 0 Å². The average molecular weight is 879 g/mol. The summed E-state index contributed by atoms with van der Waals surface area (Å²) in [5, 5.41) is 14.8. The quantitative estimate of drug-likeness (QED) is 0.107. The van der Waals surface area contributed by atoms with Crippen molar-refractivity contribution in [1.29, 1.82) is 0 Å². The number of benzene rings is 2. The summed E-state index contributed by atoms with van der Waals surface area (Å²) in [7, 11) is 1.63. The molecular formula is C38H37F7N10O3S2. The summed E-state index contributed by atoms with van der Waals surface area (Å²) < 4.78 is 132. The first kappa shape index (κ1) is 41.4. The maximum atomic E-state index is 15.5. The lowest BCUT2D eigenvalue weighted by Gasteiger charge is -2.23. The molecule has 1 saturated carbocycles. The fourth-order valence-electron chi connectivity index (χ4n) is 8.18. The number of carbonyl (C=O) groups excluding carboxylic acids is 1. The second-order valence-electron chi connectivity index (χ2n) is 15.6. The van der Waals surface area contributed by atoms with Gasteiger partial charge >= 0.3 is 6.18 Å². The lowest BCUT2D eigenvalue weighted by atomic mass is 9.94. The van der Waals surface area contributed by atoms with Crippen LogP contribution in [0.3, 0.4) is 0 Å². The number of hydrogen-bond donors (Lipinski definition) is 3. The van der Waals surface area contributed by atoms with Gasteiger partial charge in [-0.1, -0.05) is 23.5 Å². The number of thiazole rings is 1. The van der Waals surface area contributed by atoms with E-state index in [-0.39, 0.29) is 41.6 Å². The Labute approximate surface area is 342 Å². The smallest absolute Gasteiger partial charge is 0.358 e. The first-order chi connectivity index (χ1) is 28.1. The van der Waals surface area contributed by atoms with E-state index in [1.807, 2.05) is 25.9 Å². The third-order valence-corrected chi connectivity index (χ3v) is 11.9. The number of likely N-dealkylation sites (N-methyl/N-ethyl adjacent to an activating group) is 1. The number of halogens is 7. The molecule has 318 valence electrons. The highest BCUT2D eigenvalue weighted by Crippen LogP contribution is 2.68. The van der Waals surface area contributed by atoms with Crippen LogP contribution in [-0.4, -0.2) is 81.7 Å². The summed E-state index contributed by atoms with van der Waals surface area (Å²) in [6, 6.07) is 8.05. The molecule has 0 radical (unpaired) electrons. The van der Waals surface area contributed by atoms with Crippen molar-refractivity contribution in [1.82, 2.24) is 39.7 Å². The van der Waals surface area contributed by atoms with Crippen molar-refractivity contribution in [2.75, 3.05) is 36.9 Å². The van der Waals surface area contributed by atoms with Gasteiger partial charge in [0.1, 0.15) is 23.9 Å². The van der Waals surface area contributed by atoms with E-state index in [0.717, 1.165) is 18.4 Å². The minimum Gasteiger partial charge on any atom is -0.358 e. The zero-order valence-corrected chi connectivity index (χ0v) is 34.1. The van der Waals surface area contributed by atoms with Gasteiger partial charge in [0, 0.05) is 53.7 Å². The molecule has 2 aliphatic rings. The van der Waals surface area contributed by atoms with Gasteiger partial charge in [-0.25, -0.2) is 27.2 Å². The summed E-state index contributed by atoms with van der Waals surface area (Å²) in [5.74, 6) is -8.92. The number of sulfonamides is 1. The predicted molar refractivity (Wildman–Crippen MR) is 210 cm³/mol. The maximum absolute atomic E-state index is 15.5. The van der Waals surface area contributed by atoms with E-state index in [2.05, 4.69) is 30.5 Å². The van der Waals surface area contributed by atoms with Gasteiger partial charge in [-0.3, -0.25) is 18.9 Å². The SMILES string of the molecule is CC(CN(C)C)Nc1nc2nc([C@H](Cc3cc(F)cc(F)c3)NC(=O)Cn3nc(C(F)(F)F)c4c3C(F)(F)[C@@H]3C[C@H]43)c(-c3cccc4c(NS(C)(=O)=O)nn(C)c34)cc2s1. The number of fused-ring (bicyclic) bond motifs is 5. The number of hydrogen-bond acceptors (Lipinski definition) is 10. The van der Waals surface area contributed by atoms with Crippen molar-refractivity contribution < 1.29 is 43.9 Å². The van der Waals surface area contributed by atoms with Crippen LogP contribution in [0.2, 0.25) is 0 Å². The van der Waals surface area contributed by atoms with E-state index < -0.39 is 81.0 Å². The van der Waals surface area contributed by atoms with Gasteiger partial charge < -0.3 is 15.5 Å². The van der Waals surface area contributed by atoms with Crippen molar-refractivity contribution in [2.24, 2.45) is 13.0 Å². The lowest BCUT2D eigenvalue weighted by molar-refractivity contribution is -0.142. The van der Waals surface area contributed by atoms with Gasteiger partial charge in [-0.15, -0.1) is 0 Å². The van der Waals surface area contributed by atoms with E-state index >= 15 is 8.78 Å². The molecule has 0 saturated heterocycles. The zero-order chi connectivity index (χ0) is 43.2. The number of pyridine rings is 1. The third-order valence-electron chi connectivity index (χ3n) is 10.4. The Morgan fingerprint density at radius 3 is 2.45 bits per heavy atom. The van der Waals surface area contributed by atoms with Gasteiger partial charge in [0.25, 0.3) is 5.92 Å². The Morgan fingerprint density at radius 2 is 1.78 bits per heavy atom. The van der Waals surface area contributed by atoms with Crippen LogP contribution in [0.25, 0.3) is 32.4 Å². The summed E-state index contributed by atoms with van der Waals surface area (Å²) in [6.07, 6.45) is -4.57. The topological polar surface area (TPSA) is 152 Å². The number of aryl methyl sites for hydroxylation is 1. The number of rotatable bonds is 13. The van der Waals surface area contributed by atoms with Crippen LogP contribution in [0.4, 0.5) is 41.7 Å². The molecule has 6 aromatic rings. The van der Waals surface area contributed by atoms with E-state index in [1.165, 1.54) is 16.0 Å². The molecular weight excluding hydrogens is 842 g/mol. The number of alkyl halides is 5.